The Morgan fingerprint density at radius 2 is 2.12 bits per heavy atom. The molecule has 1 heterocycles. The molecule has 4 N–H and O–H groups in total. The largest absolute Gasteiger partial charge is 0.391 e. The highest BCUT2D eigenvalue weighted by molar-refractivity contribution is 5.90. The predicted octanol–water partition coefficient (Wildman–Crippen LogP) is -1.32. The molecule has 1 rings (SSSR count). The molecule has 0 radical (unpaired) electrons. The van der Waals surface area contributed by atoms with Gasteiger partial charge < -0.3 is 21.1 Å². The number of aliphatic hydroxyl groups excluding tert-OH is 1. The zero-order valence-corrected chi connectivity index (χ0v) is 10.5. The molecule has 17 heavy (non-hydrogen) atoms. The fourth-order valence-corrected chi connectivity index (χ4v) is 2.10. The summed E-state index contributed by atoms with van der Waals surface area (Å²) in [5.74, 6) is -0.277. The minimum absolute atomic E-state index is 0.180. The van der Waals surface area contributed by atoms with Gasteiger partial charge in [0.15, 0.2) is 0 Å². The summed E-state index contributed by atoms with van der Waals surface area (Å²) in [5.41, 5.74) is 5.62. The number of hydrogen-bond acceptors (Lipinski definition) is 4. The molecule has 98 valence electrons. The van der Waals surface area contributed by atoms with Crippen molar-refractivity contribution in [3.05, 3.63) is 0 Å². The Bertz CT molecular complexity index is 306. The molecule has 0 saturated carbocycles. The quantitative estimate of drug-likeness (QED) is 0.573. The van der Waals surface area contributed by atoms with Crippen LogP contribution in [0, 0.1) is 5.92 Å². The van der Waals surface area contributed by atoms with Crippen molar-refractivity contribution in [2.45, 2.75) is 38.5 Å². The predicted molar refractivity (Wildman–Crippen MR) is 63.0 cm³/mol. The van der Waals surface area contributed by atoms with E-state index in [1.807, 2.05) is 6.92 Å². The van der Waals surface area contributed by atoms with Crippen molar-refractivity contribution in [3.63, 3.8) is 0 Å². The van der Waals surface area contributed by atoms with Crippen LogP contribution in [0.4, 0.5) is 0 Å². The number of hydrogen-bond donors (Lipinski definition) is 3. The first-order chi connectivity index (χ1) is 7.88. The number of rotatable bonds is 3. The van der Waals surface area contributed by atoms with Gasteiger partial charge in [-0.1, -0.05) is 6.92 Å². The van der Waals surface area contributed by atoms with E-state index in [1.165, 1.54) is 11.8 Å². The standard InChI is InChI=1S/C11H21N3O3/c1-6-4-8(10(16)13-3)14(5-6)11(17)9(12)7(2)15/h6-9,15H,4-5,12H2,1-3H3,(H,13,16)/t6-,7-,8+,9+/m1/s1. The molecular weight excluding hydrogens is 222 g/mol. The van der Waals surface area contributed by atoms with Gasteiger partial charge in [0, 0.05) is 13.6 Å². The second-order valence-electron chi connectivity index (χ2n) is 4.73. The van der Waals surface area contributed by atoms with Gasteiger partial charge >= 0.3 is 0 Å². The van der Waals surface area contributed by atoms with Gasteiger partial charge in [-0.15, -0.1) is 0 Å². The third-order valence-electron chi connectivity index (χ3n) is 3.15. The second-order valence-corrected chi connectivity index (χ2v) is 4.73. The molecule has 0 aromatic carbocycles. The fourth-order valence-electron chi connectivity index (χ4n) is 2.10. The Morgan fingerprint density at radius 1 is 1.53 bits per heavy atom. The first-order valence-corrected chi connectivity index (χ1v) is 5.84. The van der Waals surface area contributed by atoms with Crippen LogP contribution in [0.3, 0.4) is 0 Å². The topological polar surface area (TPSA) is 95.7 Å². The van der Waals surface area contributed by atoms with E-state index in [0.717, 1.165) is 0 Å². The first kappa shape index (κ1) is 13.9. The minimum atomic E-state index is -0.965. The molecule has 0 aliphatic carbocycles. The van der Waals surface area contributed by atoms with Crippen LogP contribution < -0.4 is 11.1 Å². The third-order valence-corrected chi connectivity index (χ3v) is 3.15. The van der Waals surface area contributed by atoms with Gasteiger partial charge in [0.05, 0.1) is 6.10 Å². The Balaban J connectivity index is 2.80. The molecule has 6 heteroatoms. The average molecular weight is 243 g/mol. The molecule has 0 spiro atoms. The normalized spacial score (nSPS) is 27.7. The average Bonchev–Trinajstić information content (AvgIpc) is 2.68. The van der Waals surface area contributed by atoms with E-state index in [1.54, 1.807) is 7.05 Å². The van der Waals surface area contributed by atoms with Crippen LogP contribution in [0.25, 0.3) is 0 Å². The molecule has 2 amide bonds. The number of aliphatic hydroxyl groups is 1. The highest BCUT2D eigenvalue weighted by Gasteiger charge is 2.39. The summed E-state index contributed by atoms with van der Waals surface area (Å²) in [4.78, 5) is 25.2. The SMILES string of the molecule is CNC(=O)[C@@H]1C[C@@H](C)CN1C(=O)[C@@H](N)[C@@H](C)O. The van der Waals surface area contributed by atoms with E-state index >= 15 is 0 Å². The molecule has 1 saturated heterocycles. The molecule has 0 aromatic rings. The molecule has 1 aliphatic heterocycles. The minimum Gasteiger partial charge on any atom is -0.391 e. The van der Waals surface area contributed by atoms with E-state index in [4.69, 9.17) is 5.73 Å². The number of carbonyl (C=O) groups excluding carboxylic acids is 2. The highest BCUT2D eigenvalue weighted by Crippen LogP contribution is 2.23. The van der Waals surface area contributed by atoms with E-state index in [2.05, 4.69) is 5.32 Å². The fraction of sp³-hybridized carbons (Fsp3) is 0.818. The summed E-state index contributed by atoms with van der Waals surface area (Å²) in [6.45, 7) is 3.96. The summed E-state index contributed by atoms with van der Waals surface area (Å²) in [7, 11) is 1.54. The van der Waals surface area contributed by atoms with E-state index in [9.17, 15) is 14.7 Å². The highest BCUT2D eigenvalue weighted by atomic mass is 16.3. The lowest BCUT2D eigenvalue weighted by molar-refractivity contribution is -0.141. The summed E-state index contributed by atoms with van der Waals surface area (Å²) in [5, 5.41) is 11.9. The Kier molecular flexibility index (Phi) is 4.47. The number of likely N-dealkylation sites (tertiary alicyclic amines) is 1. The maximum atomic E-state index is 12.0. The number of nitrogens with one attached hydrogen (secondary N) is 1. The Hall–Kier alpha value is -1.14. The molecule has 1 fully saturated rings. The summed E-state index contributed by atoms with van der Waals surface area (Å²) in [6.07, 6.45) is -0.276. The van der Waals surface area contributed by atoms with Crippen LogP contribution >= 0.6 is 0 Å². The van der Waals surface area contributed by atoms with Crippen LogP contribution in [0.2, 0.25) is 0 Å². The Labute approximate surface area is 101 Å². The van der Waals surface area contributed by atoms with Crippen LogP contribution in [0.15, 0.2) is 0 Å². The van der Waals surface area contributed by atoms with Crippen molar-refractivity contribution in [3.8, 4) is 0 Å². The van der Waals surface area contributed by atoms with Gasteiger partial charge in [-0.25, -0.2) is 0 Å². The molecule has 4 atom stereocenters. The van der Waals surface area contributed by atoms with Crippen molar-refractivity contribution >= 4 is 11.8 Å². The summed E-state index contributed by atoms with van der Waals surface area (Å²) >= 11 is 0. The first-order valence-electron chi connectivity index (χ1n) is 5.84. The zero-order valence-electron chi connectivity index (χ0n) is 10.5. The van der Waals surface area contributed by atoms with Crippen LogP contribution in [-0.2, 0) is 9.59 Å². The van der Waals surface area contributed by atoms with Crippen molar-refractivity contribution < 1.29 is 14.7 Å². The number of carbonyl (C=O) groups is 2. The summed E-state index contributed by atoms with van der Waals surface area (Å²) in [6, 6.07) is -1.43. The van der Waals surface area contributed by atoms with E-state index in [-0.39, 0.29) is 17.7 Å². The maximum Gasteiger partial charge on any atom is 0.242 e. The van der Waals surface area contributed by atoms with Crippen LogP contribution in [-0.4, -0.2) is 53.6 Å². The Morgan fingerprint density at radius 3 is 2.59 bits per heavy atom. The van der Waals surface area contributed by atoms with Crippen LogP contribution in [0.5, 0.6) is 0 Å². The number of nitrogens with zero attached hydrogens (tertiary/aromatic N) is 1. The molecule has 0 unspecified atom stereocenters. The van der Waals surface area contributed by atoms with Gasteiger partial charge in [0.1, 0.15) is 12.1 Å². The van der Waals surface area contributed by atoms with Crippen molar-refractivity contribution in [2.24, 2.45) is 11.7 Å². The number of likely N-dealkylation sites (N-methyl/N-ethyl adjacent to an activating group) is 1. The molecule has 1 aliphatic rings. The molecular formula is C11H21N3O3. The second kappa shape index (κ2) is 5.46. The van der Waals surface area contributed by atoms with Crippen molar-refractivity contribution in [1.82, 2.24) is 10.2 Å². The third kappa shape index (κ3) is 2.95. The maximum absolute atomic E-state index is 12.0. The number of amides is 2. The van der Waals surface area contributed by atoms with Gasteiger partial charge in [-0.05, 0) is 19.3 Å². The van der Waals surface area contributed by atoms with E-state index in [0.29, 0.717) is 13.0 Å². The number of nitrogens with two attached hydrogens (primary N) is 1. The smallest absolute Gasteiger partial charge is 0.242 e. The molecule has 0 aromatic heterocycles. The zero-order chi connectivity index (χ0) is 13.2. The van der Waals surface area contributed by atoms with Crippen LogP contribution in [0.1, 0.15) is 20.3 Å². The monoisotopic (exact) mass is 243 g/mol. The van der Waals surface area contributed by atoms with Crippen molar-refractivity contribution in [1.29, 1.82) is 0 Å². The lowest BCUT2D eigenvalue weighted by atomic mass is 10.1. The summed E-state index contributed by atoms with van der Waals surface area (Å²) < 4.78 is 0. The van der Waals surface area contributed by atoms with Gasteiger partial charge in [0.25, 0.3) is 0 Å². The molecule has 6 nitrogen and oxygen atoms in total. The van der Waals surface area contributed by atoms with Crippen molar-refractivity contribution in [2.75, 3.05) is 13.6 Å². The van der Waals surface area contributed by atoms with E-state index < -0.39 is 18.2 Å². The lowest BCUT2D eigenvalue weighted by Crippen LogP contribution is -2.53. The lowest BCUT2D eigenvalue weighted by Gasteiger charge is -2.27. The molecule has 0 bridgehead atoms. The van der Waals surface area contributed by atoms with Gasteiger partial charge in [-0.3, -0.25) is 9.59 Å². The van der Waals surface area contributed by atoms with Gasteiger partial charge in [0.2, 0.25) is 11.8 Å². The van der Waals surface area contributed by atoms with Gasteiger partial charge in [-0.2, -0.15) is 0 Å².